The van der Waals surface area contributed by atoms with Crippen LogP contribution in [0.15, 0.2) is 60.7 Å². The minimum Gasteiger partial charge on any atom is -0.612 e. The average Bonchev–Trinajstić information content (AvgIpc) is 2.60. The summed E-state index contributed by atoms with van der Waals surface area (Å²) in [5, 5.41) is 1.06. The summed E-state index contributed by atoms with van der Waals surface area (Å²) in [5.41, 5.74) is 0. The largest absolute Gasteiger partial charge is 0.857 e. The van der Waals surface area contributed by atoms with Crippen LogP contribution in [0.1, 0.15) is 39.5 Å². The van der Waals surface area contributed by atoms with Crippen molar-refractivity contribution in [3.05, 3.63) is 60.7 Å². The van der Waals surface area contributed by atoms with Gasteiger partial charge in [0.25, 0.3) is 0 Å². The molecule has 1 atom stereocenters. The van der Waals surface area contributed by atoms with Gasteiger partial charge in [-0.25, -0.2) is 0 Å². The van der Waals surface area contributed by atoms with E-state index in [1.165, 1.54) is 25.7 Å². The Balaban J connectivity index is 2.03. The zero-order valence-corrected chi connectivity index (χ0v) is 15.4. The molecule has 0 aromatic heterocycles. The molecule has 0 aliphatic heterocycles. The van der Waals surface area contributed by atoms with Gasteiger partial charge in [-0.05, 0) is 35.5 Å². The summed E-state index contributed by atoms with van der Waals surface area (Å²) in [7, 11) is 0. The van der Waals surface area contributed by atoms with Crippen molar-refractivity contribution in [3.63, 3.8) is 0 Å². The van der Waals surface area contributed by atoms with Gasteiger partial charge in [0.15, 0.2) is 0 Å². The van der Waals surface area contributed by atoms with E-state index < -0.39 is 14.8 Å². The molecule has 0 N–H and O–H groups in total. The van der Waals surface area contributed by atoms with Crippen LogP contribution in [0, 0.1) is 5.92 Å². The number of hydrogen-bond acceptors (Lipinski definition) is 2. The van der Waals surface area contributed by atoms with Gasteiger partial charge in [0.2, 0.25) is 0 Å². The van der Waals surface area contributed by atoms with Crippen LogP contribution in [0.5, 0.6) is 11.5 Å². The molecule has 0 fully saturated rings. The van der Waals surface area contributed by atoms with Gasteiger partial charge in [-0.15, -0.1) is 0 Å². The monoisotopic (exact) mass is 326 g/mol. The lowest BCUT2D eigenvalue weighted by Gasteiger charge is -2.20. The number of para-hydroxylation sites is 2. The van der Waals surface area contributed by atoms with Crippen LogP contribution in [0.25, 0.3) is 0 Å². The minimum absolute atomic E-state index is 0.694. The van der Waals surface area contributed by atoms with Gasteiger partial charge < -0.3 is 7.58 Å². The Morgan fingerprint density at radius 1 is 0.826 bits per heavy atom. The standard InChI is InChI=1S/C8H17.2C6H6O.Al/c1-4-6-7-8(3)5-2;2*7-6-4-2-1-3-5-6;/h8H,3-7H2,1-2H3;2*1-5,7H;/q;;;+2/p-2. The number of rotatable bonds is 10. The molecule has 0 saturated carbocycles. The molecule has 0 amide bonds. The first-order chi connectivity index (χ1) is 11.3. The molecular weight excluding hydrogens is 299 g/mol. The fraction of sp³-hybridized carbons (Fsp3) is 0.400. The van der Waals surface area contributed by atoms with Gasteiger partial charge in [-0.2, -0.15) is 0 Å². The molecule has 0 bridgehead atoms. The second-order valence-electron chi connectivity index (χ2n) is 5.94. The third kappa shape index (κ3) is 6.69. The van der Waals surface area contributed by atoms with Crippen molar-refractivity contribution in [2.45, 2.75) is 44.8 Å². The summed E-state index contributed by atoms with van der Waals surface area (Å²) in [4.78, 5) is 0. The third-order valence-corrected chi connectivity index (χ3v) is 6.21. The third-order valence-electron chi connectivity index (χ3n) is 4.09. The Kier molecular flexibility index (Phi) is 8.08. The predicted molar refractivity (Wildman–Crippen MR) is 98.0 cm³/mol. The lowest BCUT2D eigenvalue weighted by Crippen LogP contribution is -2.32. The Hall–Kier alpha value is -1.43. The lowest BCUT2D eigenvalue weighted by atomic mass is 10.0. The number of benzene rings is 2. The van der Waals surface area contributed by atoms with Crippen LogP contribution >= 0.6 is 0 Å². The van der Waals surface area contributed by atoms with E-state index in [4.69, 9.17) is 7.58 Å². The highest BCUT2D eigenvalue weighted by Crippen LogP contribution is 2.23. The van der Waals surface area contributed by atoms with Crippen molar-refractivity contribution in [2.75, 3.05) is 0 Å². The highest BCUT2D eigenvalue weighted by Gasteiger charge is 2.35. The quantitative estimate of drug-likeness (QED) is 0.510. The smallest absolute Gasteiger partial charge is 0.612 e. The zero-order valence-electron chi connectivity index (χ0n) is 14.3. The minimum atomic E-state index is -1.81. The summed E-state index contributed by atoms with van der Waals surface area (Å²) in [5.74, 6) is 2.54. The van der Waals surface area contributed by atoms with E-state index in [0.29, 0.717) is 5.92 Å². The van der Waals surface area contributed by atoms with E-state index in [-0.39, 0.29) is 0 Å². The van der Waals surface area contributed by atoms with Crippen molar-refractivity contribution >= 4 is 14.8 Å². The molecule has 2 rings (SSSR count). The van der Waals surface area contributed by atoms with Crippen LogP contribution in [-0.2, 0) is 0 Å². The summed E-state index contributed by atoms with van der Waals surface area (Å²) in [6.45, 7) is 4.53. The summed E-state index contributed by atoms with van der Waals surface area (Å²) >= 11 is -1.81. The first-order valence-electron chi connectivity index (χ1n) is 8.75. The molecule has 1 unspecified atom stereocenters. The fourth-order valence-corrected chi connectivity index (χ4v) is 4.95. The molecule has 0 aliphatic carbocycles. The fourth-order valence-electron chi connectivity index (χ4n) is 2.68. The summed E-state index contributed by atoms with van der Waals surface area (Å²) < 4.78 is 12.5. The molecule has 2 aromatic rings. The van der Waals surface area contributed by atoms with Gasteiger partial charge in [0, 0.05) is 0 Å². The topological polar surface area (TPSA) is 18.5 Å². The molecule has 0 heterocycles. The molecule has 2 nitrogen and oxygen atoms in total. The van der Waals surface area contributed by atoms with Gasteiger partial charge >= 0.3 is 14.8 Å². The van der Waals surface area contributed by atoms with Crippen molar-refractivity contribution < 1.29 is 7.58 Å². The maximum atomic E-state index is 6.25. The second-order valence-corrected chi connectivity index (χ2v) is 7.75. The molecule has 0 spiro atoms. The summed E-state index contributed by atoms with van der Waals surface area (Å²) in [6, 6.07) is 20.1. The first-order valence-corrected chi connectivity index (χ1v) is 10.5. The van der Waals surface area contributed by atoms with Crippen molar-refractivity contribution in [2.24, 2.45) is 5.92 Å². The van der Waals surface area contributed by atoms with Crippen molar-refractivity contribution in [3.8, 4) is 11.5 Å². The molecular formula is C20H27AlO2. The molecule has 122 valence electrons. The molecule has 0 aliphatic rings. The van der Waals surface area contributed by atoms with Crippen LogP contribution in [0.3, 0.4) is 0 Å². The molecule has 2 aromatic carbocycles. The maximum Gasteiger partial charge on any atom is 0.857 e. The second kappa shape index (κ2) is 10.4. The van der Waals surface area contributed by atoms with E-state index in [1.807, 2.05) is 60.7 Å². The normalized spacial score (nSPS) is 11.7. The van der Waals surface area contributed by atoms with Crippen molar-refractivity contribution in [1.29, 1.82) is 0 Å². The van der Waals surface area contributed by atoms with Crippen LogP contribution < -0.4 is 7.58 Å². The molecule has 23 heavy (non-hydrogen) atoms. The average molecular weight is 326 g/mol. The Morgan fingerprint density at radius 3 is 1.78 bits per heavy atom. The van der Waals surface area contributed by atoms with E-state index >= 15 is 0 Å². The van der Waals surface area contributed by atoms with Crippen molar-refractivity contribution in [1.82, 2.24) is 0 Å². The Bertz CT molecular complexity index is 488. The van der Waals surface area contributed by atoms with E-state index in [0.717, 1.165) is 16.8 Å². The summed E-state index contributed by atoms with van der Waals surface area (Å²) in [6.07, 6.45) is 5.00. The van der Waals surface area contributed by atoms with Crippen LogP contribution in [-0.4, -0.2) is 14.8 Å². The van der Waals surface area contributed by atoms with Crippen LogP contribution in [0.4, 0.5) is 0 Å². The Labute approximate surface area is 145 Å². The predicted octanol–water partition coefficient (Wildman–Crippen LogP) is 5.85. The molecule has 3 heteroatoms. The van der Waals surface area contributed by atoms with Gasteiger partial charge in [-0.1, -0.05) is 75.9 Å². The SMILES string of the molecule is CCCCC(CC)[CH2][Al]([O]c1ccccc1)[O]c1ccccc1. The Morgan fingerprint density at radius 2 is 1.35 bits per heavy atom. The first kappa shape index (κ1) is 17.9. The van der Waals surface area contributed by atoms with E-state index in [9.17, 15) is 0 Å². The van der Waals surface area contributed by atoms with Gasteiger partial charge in [0.05, 0.1) is 11.5 Å². The maximum absolute atomic E-state index is 6.25. The lowest BCUT2D eigenvalue weighted by molar-refractivity contribution is 0.387. The number of unbranched alkanes of at least 4 members (excludes halogenated alkanes) is 1. The van der Waals surface area contributed by atoms with Gasteiger partial charge in [-0.3, -0.25) is 0 Å². The molecule has 0 saturated heterocycles. The van der Waals surface area contributed by atoms with Crippen LogP contribution in [0.2, 0.25) is 5.28 Å². The zero-order chi connectivity index (χ0) is 16.3. The molecule has 0 radical (unpaired) electrons. The highest BCUT2D eigenvalue weighted by molar-refractivity contribution is 6.46. The van der Waals surface area contributed by atoms with E-state index in [2.05, 4.69) is 13.8 Å². The van der Waals surface area contributed by atoms with Gasteiger partial charge in [0.1, 0.15) is 0 Å². The van der Waals surface area contributed by atoms with E-state index in [1.54, 1.807) is 0 Å². The highest BCUT2D eigenvalue weighted by atomic mass is 27.2. The number of hydrogen-bond donors (Lipinski definition) is 0.